The number of piperidine rings is 1. The molecule has 2 aliphatic heterocycles. The molecule has 0 saturated carbocycles. The predicted octanol–water partition coefficient (Wildman–Crippen LogP) is 3.52. The van der Waals surface area contributed by atoms with Gasteiger partial charge in [0.25, 0.3) is 11.5 Å². The number of fused-ring (bicyclic) bond motifs is 5. The fraction of sp³-hybridized carbons (Fsp3) is 0.412. The van der Waals surface area contributed by atoms with Crippen molar-refractivity contribution in [2.45, 2.75) is 58.4 Å². The van der Waals surface area contributed by atoms with Gasteiger partial charge in [-0.25, -0.2) is 0 Å². The SMILES string of the molecule is CCCN1CC(=O)N[C@H]2CCN(C(=O)CCn3c(C)cccc3=O)C[C@@H]2OCc2cccc(c2)Oc2cc(ccc2OC)C1=O. The average molecular weight is 617 g/mol. The third-order valence-corrected chi connectivity index (χ3v) is 8.19. The van der Waals surface area contributed by atoms with Crippen LogP contribution in [0, 0.1) is 6.92 Å². The third-order valence-electron chi connectivity index (χ3n) is 8.19. The summed E-state index contributed by atoms with van der Waals surface area (Å²) in [6.45, 7) is 5.29. The van der Waals surface area contributed by atoms with Crippen LogP contribution in [0.25, 0.3) is 0 Å². The van der Waals surface area contributed by atoms with Crippen LogP contribution in [0.15, 0.2) is 65.5 Å². The Kier molecular flexibility index (Phi) is 10.2. The first kappa shape index (κ1) is 31.8. The van der Waals surface area contributed by atoms with Crippen LogP contribution in [0.1, 0.15) is 47.8 Å². The molecule has 11 heteroatoms. The number of likely N-dealkylation sites (tertiary alicyclic amines) is 1. The Hall–Kier alpha value is -4.64. The normalized spacial score (nSPS) is 18.9. The van der Waals surface area contributed by atoms with Crippen molar-refractivity contribution in [3.8, 4) is 17.2 Å². The predicted molar refractivity (Wildman–Crippen MR) is 167 cm³/mol. The molecule has 4 bridgehead atoms. The number of aromatic nitrogens is 1. The summed E-state index contributed by atoms with van der Waals surface area (Å²) in [6, 6.07) is 17.1. The summed E-state index contributed by atoms with van der Waals surface area (Å²) in [4.78, 5) is 55.8. The van der Waals surface area contributed by atoms with Crippen LogP contribution < -0.4 is 20.3 Å². The minimum Gasteiger partial charge on any atom is -0.493 e. The monoisotopic (exact) mass is 616 g/mol. The van der Waals surface area contributed by atoms with Crippen molar-refractivity contribution >= 4 is 17.7 Å². The summed E-state index contributed by atoms with van der Waals surface area (Å²) in [6.07, 6.45) is 0.838. The molecule has 1 aromatic heterocycles. The van der Waals surface area contributed by atoms with E-state index < -0.39 is 6.10 Å². The Morgan fingerprint density at radius 3 is 2.64 bits per heavy atom. The molecule has 0 radical (unpaired) electrons. The van der Waals surface area contributed by atoms with E-state index in [0.29, 0.717) is 48.7 Å². The zero-order chi connectivity index (χ0) is 31.9. The molecule has 3 aromatic rings. The van der Waals surface area contributed by atoms with Gasteiger partial charge in [0, 0.05) is 49.9 Å². The van der Waals surface area contributed by atoms with Gasteiger partial charge < -0.3 is 33.9 Å². The van der Waals surface area contributed by atoms with Gasteiger partial charge >= 0.3 is 0 Å². The molecule has 1 fully saturated rings. The molecule has 2 aromatic carbocycles. The van der Waals surface area contributed by atoms with E-state index >= 15 is 0 Å². The second-order valence-corrected chi connectivity index (χ2v) is 11.4. The van der Waals surface area contributed by atoms with E-state index in [1.54, 1.807) is 33.7 Å². The molecule has 11 nitrogen and oxygen atoms in total. The molecule has 3 heterocycles. The Morgan fingerprint density at radius 2 is 1.87 bits per heavy atom. The maximum atomic E-state index is 13.6. The Labute approximate surface area is 262 Å². The lowest BCUT2D eigenvalue weighted by molar-refractivity contribution is -0.137. The van der Waals surface area contributed by atoms with Crippen molar-refractivity contribution in [3.63, 3.8) is 0 Å². The number of amides is 3. The highest BCUT2D eigenvalue weighted by atomic mass is 16.5. The number of hydrogen-bond acceptors (Lipinski definition) is 7. The number of carbonyl (C=O) groups is 3. The molecular formula is C34H40N4O7. The van der Waals surface area contributed by atoms with Crippen molar-refractivity contribution in [2.24, 2.45) is 0 Å². The summed E-state index contributed by atoms with van der Waals surface area (Å²) in [5.41, 5.74) is 1.88. The van der Waals surface area contributed by atoms with Crippen molar-refractivity contribution in [3.05, 3.63) is 87.8 Å². The van der Waals surface area contributed by atoms with Gasteiger partial charge in [-0.15, -0.1) is 0 Å². The fourth-order valence-corrected chi connectivity index (χ4v) is 5.80. The first-order chi connectivity index (χ1) is 21.7. The van der Waals surface area contributed by atoms with Gasteiger partial charge in [-0.3, -0.25) is 19.2 Å². The van der Waals surface area contributed by atoms with Crippen LogP contribution in [0.5, 0.6) is 17.2 Å². The van der Waals surface area contributed by atoms with Gasteiger partial charge in [0.1, 0.15) is 5.75 Å². The Morgan fingerprint density at radius 1 is 1.04 bits per heavy atom. The minimum absolute atomic E-state index is 0.0871. The molecule has 0 aliphatic carbocycles. The first-order valence-electron chi connectivity index (χ1n) is 15.3. The number of carbonyl (C=O) groups excluding carboxylic acids is 3. The van der Waals surface area contributed by atoms with Gasteiger partial charge in [-0.05, 0) is 61.7 Å². The summed E-state index contributed by atoms with van der Waals surface area (Å²) in [5, 5.41) is 3.09. The molecule has 5 rings (SSSR count). The lowest BCUT2D eigenvalue weighted by Crippen LogP contribution is -2.57. The zero-order valence-electron chi connectivity index (χ0n) is 26.0. The van der Waals surface area contributed by atoms with Gasteiger partial charge in [-0.2, -0.15) is 0 Å². The van der Waals surface area contributed by atoms with Crippen LogP contribution in [-0.4, -0.2) is 77.5 Å². The molecule has 0 spiro atoms. The third kappa shape index (κ3) is 7.72. The van der Waals surface area contributed by atoms with E-state index in [1.165, 1.54) is 18.1 Å². The first-order valence-corrected chi connectivity index (χ1v) is 15.3. The number of rotatable bonds is 6. The number of pyridine rings is 1. The Bertz CT molecular complexity index is 1600. The van der Waals surface area contributed by atoms with E-state index in [9.17, 15) is 19.2 Å². The van der Waals surface area contributed by atoms with Gasteiger partial charge in [-0.1, -0.05) is 25.1 Å². The largest absolute Gasteiger partial charge is 0.493 e. The number of nitrogens with one attached hydrogen (secondary N) is 1. The topological polar surface area (TPSA) is 119 Å². The quantitative estimate of drug-likeness (QED) is 0.450. The number of aryl methyl sites for hydroxylation is 1. The van der Waals surface area contributed by atoms with Crippen molar-refractivity contribution in [1.82, 2.24) is 19.7 Å². The second kappa shape index (κ2) is 14.4. The average Bonchev–Trinajstić information content (AvgIpc) is 3.03. The van der Waals surface area contributed by atoms with Crippen LogP contribution in [0.4, 0.5) is 0 Å². The standard InChI is InChI=1S/C34H40N4O7/c1-4-15-37-21-31(39)35-27-13-16-36(32(40)14-17-38-23(2)7-5-10-33(38)41)20-30(27)44-22-24-8-6-9-26(18-24)45-29-19-25(34(37)42)11-12-28(29)43-3/h5-12,18-19,27,30H,4,13-17,20-22H2,1-3H3,(H,35,39)/t27-,30-/m0/s1. The number of ether oxygens (including phenoxy) is 3. The zero-order valence-corrected chi connectivity index (χ0v) is 26.0. The van der Waals surface area contributed by atoms with Gasteiger partial charge in [0.2, 0.25) is 11.8 Å². The molecule has 3 amide bonds. The molecule has 1 saturated heterocycles. The maximum absolute atomic E-state index is 13.6. The van der Waals surface area contributed by atoms with E-state index in [-0.39, 0.29) is 62.0 Å². The van der Waals surface area contributed by atoms with Gasteiger partial charge in [0.05, 0.1) is 32.4 Å². The van der Waals surface area contributed by atoms with Crippen LogP contribution >= 0.6 is 0 Å². The highest BCUT2D eigenvalue weighted by Gasteiger charge is 2.34. The highest BCUT2D eigenvalue weighted by Crippen LogP contribution is 2.33. The van der Waals surface area contributed by atoms with E-state index in [0.717, 1.165) is 11.3 Å². The van der Waals surface area contributed by atoms with Crippen LogP contribution in [-0.2, 0) is 27.5 Å². The van der Waals surface area contributed by atoms with Crippen molar-refractivity contribution < 1.29 is 28.6 Å². The lowest BCUT2D eigenvalue weighted by atomic mass is 10.0. The van der Waals surface area contributed by atoms with Gasteiger partial charge in [0.15, 0.2) is 11.5 Å². The highest BCUT2D eigenvalue weighted by molar-refractivity contribution is 5.97. The number of benzene rings is 2. The van der Waals surface area contributed by atoms with Crippen LogP contribution in [0.3, 0.4) is 0 Å². The smallest absolute Gasteiger partial charge is 0.254 e. The van der Waals surface area contributed by atoms with Crippen LogP contribution in [0.2, 0.25) is 0 Å². The lowest BCUT2D eigenvalue weighted by Gasteiger charge is -2.39. The van der Waals surface area contributed by atoms with Crippen molar-refractivity contribution in [1.29, 1.82) is 0 Å². The summed E-state index contributed by atoms with van der Waals surface area (Å²) in [5.74, 6) is 0.721. The summed E-state index contributed by atoms with van der Waals surface area (Å²) in [7, 11) is 1.53. The number of methoxy groups -OCH3 is 1. The van der Waals surface area contributed by atoms with E-state index in [1.807, 2.05) is 44.2 Å². The summed E-state index contributed by atoms with van der Waals surface area (Å²) >= 11 is 0. The molecule has 45 heavy (non-hydrogen) atoms. The molecule has 238 valence electrons. The fourth-order valence-electron chi connectivity index (χ4n) is 5.80. The number of nitrogens with zero attached hydrogens (tertiary/aromatic N) is 3. The molecule has 1 N–H and O–H groups in total. The molecule has 2 aliphatic rings. The second-order valence-electron chi connectivity index (χ2n) is 11.4. The molecule has 2 atom stereocenters. The van der Waals surface area contributed by atoms with E-state index in [2.05, 4.69) is 5.32 Å². The number of hydrogen-bond donors (Lipinski definition) is 1. The maximum Gasteiger partial charge on any atom is 0.254 e. The minimum atomic E-state index is -0.492. The Balaban J connectivity index is 1.38. The van der Waals surface area contributed by atoms with E-state index in [4.69, 9.17) is 14.2 Å². The molecule has 0 unspecified atom stereocenters. The molecular weight excluding hydrogens is 576 g/mol. The summed E-state index contributed by atoms with van der Waals surface area (Å²) < 4.78 is 19.6. The van der Waals surface area contributed by atoms with Crippen molar-refractivity contribution in [2.75, 3.05) is 33.3 Å².